The van der Waals surface area contributed by atoms with Gasteiger partial charge in [-0.2, -0.15) is 23.4 Å². The monoisotopic (exact) mass is 1190 g/mol. The largest absolute Gasteiger partial charge is 0.501 e. The van der Waals surface area contributed by atoms with Crippen LogP contribution in [0.25, 0.3) is 5.57 Å². The summed E-state index contributed by atoms with van der Waals surface area (Å²) in [6.45, 7) is 11.0. The minimum absolute atomic E-state index is 0.0378. The van der Waals surface area contributed by atoms with Crippen LogP contribution in [0.4, 0.5) is 28.9 Å². The number of thioether (sulfide) groups is 1. The van der Waals surface area contributed by atoms with E-state index in [1.54, 1.807) is 12.1 Å². The fourth-order valence-corrected chi connectivity index (χ4v) is 14.0. The summed E-state index contributed by atoms with van der Waals surface area (Å²) in [6.07, 6.45) is 4.84. The number of nitrogens with one attached hydrogen (secondary N) is 3. The Morgan fingerprint density at radius 2 is 1.52 bits per heavy atom. The molecule has 0 saturated carbocycles. The Hall–Kier alpha value is -5.95. The van der Waals surface area contributed by atoms with Gasteiger partial charge in [0.05, 0.1) is 22.7 Å². The highest BCUT2D eigenvalue weighted by Crippen LogP contribution is 2.43. The number of sulfone groups is 1. The number of hydrogen-bond acceptors (Lipinski definition) is 15. The minimum Gasteiger partial charge on any atom is -0.380 e. The predicted octanol–water partition coefficient (Wildman–Crippen LogP) is 8.77. The third-order valence-corrected chi connectivity index (χ3v) is 19.7. The Bertz CT molecular complexity index is 3360. The van der Waals surface area contributed by atoms with Gasteiger partial charge in [-0.15, -0.1) is 11.8 Å². The first-order valence-corrected chi connectivity index (χ1v) is 31.1. The number of carbonyl (C=O) groups is 3. The molecule has 1 unspecified atom stereocenters. The molecule has 3 aliphatic heterocycles. The number of hydrogen-bond donors (Lipinski definition) is 3. The van der Waals surface area contributed by atoms with Gasteiger partial charge in [-0.1, -0.05) is 61.4 Å². The van der Waals surface area contributed by atoms with Gasteiger partial charge in [0.1, 0.15) is 10.6 Å². The molecule has 0 spiro atoms. The first-order valence-electron chi connectivity index (χ1n) is 26.8. The summed E-state index contributed by atoms with van der Waals surface area (Å²) in [5.74, 6) is -3.33. The van der Waals surface area contributed by atoms with Gasteiger partial charge in [-0.3, -0.25) is 29.5 Å². The van der Waals surface area contributed by atoms with Crippen molar-refractivity contribution in [2.24, 2.45) is 5.41 Å². The number of imide groups is 1. The Labute approximate surface area is 479 Å². The normalized spacial score (nSPS) is 19.3. The van der Waals surface area contributed by atoms with Crippen LogP contribution in [0.3, 0.4) is 0 Å². The molecule has 3 saturated heterocycles. The third-order valence-electron chi connectivity index (χ3n) is 15.4. The van der Waals surface area contributed by atoms with E-state index in [2.05, 4.69) is 61.5 Å². The second kappa shape index (κ2) is 25.3. The maximum atomic E-state index is 15.7. The molecule has 81 heavy (non-hydrogen) atoms. The Morgan fingerprint density at radius 3 is 2.20 bits per heavy atom. The lowest BCUT2D eigenvalue weighted by Gasteiger charge is -2.39. The highest BCUT2D eigenvalue weighted by atomic mass is 35.5. The summed E-state index contributed by atoms with van der Waals surface area (Å²) < 4.78 is 115. The lowest BCUT2D eigenvalue weighted by atomic mass is 9.73. The van der Waals surface area contributed by atoms with E-state index >= 15 is 4.39 Å². The lowest BCUT2D eigenvalue weighted by Crippen LogP contribution is -2.47. The van der Waals surface area contributed by atoms with Gasteiger partial charge in [-0.05, 0) is 115 Å². The van der Waals surface area contributed by atoms with Gasteiger partial charge in [-0.25, -0.2) is 25.9 Å². The van der Waals surface area contributed by atoms with Crippen molar-refractivity contribution in [2.45, 2.75) is 91.1 Å². The van der Waals surface area contributed by atoms with Crippen LogP contribution in [0.2, 0.25) is 5.02 Å². The summed E-state index contributed by atoms with van der Waals surface area (Å²) in [4.78, 5) is 45.0. The smallest absolute Gasteiger partial charge is 0.380 e. The summed E-state index contributed by atoms with van der Waals surface area (Å²) in [5.41, 5.74) is -1.18. The second-order valence-electron chi connectivity index (χ2n) is 21.7. The zero-order valence-corrected chi connectivity index (χ0v) is 48.1. The van der Waals surface area contributed by atoms with Gasteiger partial charge < -0.3 is 15.1 Å². The number of anilines is 2. The van der Waals surface area contributed by atoms with Crippen molar-refractivity contribution < 1.29 is 48.8 Å². The molecule has 3 N–H and O–H groups in total. The summed E-state index contributed by atoms with van der Waals surface area (Å²) in [7, 11) is -11.1. The van der Waals surface area contributed by atoms with Crippen LogP contribution < -0.4 is 20.3 Å². The van der Waals surface area contributed by atoms with E-state index in [9.17, 15) is 44.4 Å². The van der Waals surface area contributed by atoms with E-state index in [1.807, 2.05) is 52.1 Å². The molecule has 24 heteroatoms. The van der Waals surface area contributed by atoms with E-state index in [4.69, 9.17) is 11.6 Å². The molecule has 0 bridgehead atoms. The van der Waals surface area contributed by atoms with Crippen molar-refractivity contribution >= 4 is 77.9 Å². The molecule has 3 fully saturated rings. The van der Waals surface area contributed by atoms with Crippen molar-refractivity contribution in [3.8, 4) is 0 Å². The molecule has 9 rings (SSSR count). The molecule has 4 aliphatic rings. The highest BCUT2D eigenvalue weighted by molar-refractivity contribution is 7.99. The SMILES string of the molecule is CC1(C)CCC(c2ccc(Cl)cc2)=C(CN2CCN(c3ccc(C(=O)NS(=O)(=O)c4ccc(N[C@H](CCN5CCN(Cc6nncc(C7CCC(=O)NC7=O)c6F)CC5)CSc5ccccc5)c(S(=O)(=O)C(F)(F)F)c4)cc3)CC2)C1. The number of sulfonamides is 1. The predicted molar refractivity (Wildman–Crippen MR) is 303 cm³/mol. The second-order valence-corrected chi connectivity index (χ2v) is 26.8. The number of nitrogens with zero attached hydrogens (tertiary/aromatic N) is 6. The summed E-state index contributed by atoms with van der Waals surface area (Å²) >= 11 is 7.60. The molecule has 4 aromatic carbocycles. The molecule has 0 radical (unpaired) electrons. The average molecular weight is 1190 g/mol. The zero-order valence-electron chi connectivity index (χ0n) is 44.9. The number of carbonyl (C=O) groups excluding carboxylic acids is 3. The Morgan fingerprint density at radius 1 is 0.852 bits per heavy atom. The summed E-state index contributed by atoms with van der Waals surface area (Å²) in [6, 6.07) is 25.2. The topological polar surface area (TPSA) is 194 Å². The van der Waals surface area contributed by atoms with E-state index < -0.39 is 76.3 Å². The molecular formula is C57H64ClF4N9O7S3. The van der Waals surface area contributed by atoms with Crippen LogP contribution in [0, 0.1) is 11.2 Å². The van der Waals surface area contributed by atoms with Crippen LogP contribution in [-0.4, -0.2) is 142 Å². The summed E-state index contributed by atoms with van der Waals surface area (Å²) in [5, 5.41) is 13.9. The number of aromatic nitrogens is 2. The number of benzene rings is 4. The van der Waals surface area contributed by atoms with Crippen LogP contribution in [0.15, 0.2) is 124 Å². The van der Waals surface area contributed by atoms with Gasteiger partial charge >= 0.3 is 5.51 Å². The molecule has 1 aliphatic carbocycles. The van der Waals surface area contributed by atoms with Gasteiger partial charge in [0.25, 0.3) is 25.8 Å². The number of alkyl halides is 3. The Balaban J connectivity index is 0.837. The van der Waals surface area contributed by atoms with Gasteiger partial charge in [0.15, 0.2) is 5.82 Å². The van der Waals surface area contributed by atoms with E-state index in [0.29, 0.717) is 63.3 Å². The molecule has 432 valence electrons. The Kier molecular flexibility index (Phi) is 18.6. The van der Waals surface area contributed by atoms with E-state index in [-0.39, 0.29) is 47.4 Å². The quantitative estimate of drug-likeness (QED) is 0.0403. The first kappa shape index (κ1) is 59.7. The molecule has 2 atom stereocenters. The molecule has 5 aromatic rings. The molecule has 1 aromatic heterocycles. The van der Waals surface area contributed by atoms with Crippen molar-refractivity contribution in [1.29, 1.82) is 0 Å². The standard InChI is InChI=1S/C57H64ClF4N9O7S3/c1-56(2)22-20-46(38-8-12-41(58)13-9-38)40(33-56)35-69-28-30-71(31-29-69)43-14-10-39(11-15-43)54(73)67-81(77,78)45-16-18-49(51(32-45)80(75,76)57(60,61)62)64-42(37-79-44-6-4-3-5-7-44)21-23-68-24-26-70(27-25-68)36-50-53(59)48(34-63-66-50)47-17-19-52(72)65-55(47)74/h3-16,18,32,34,42,47,64H,17,19-31,33,35-37H2,1-2H3,(H,67,73)(H,65,72,74)/t42-,47?/m1/s1. The van der Waals surface area contributed by atoms with Crippen molar-refractivity contribution in [3.05, 3.63) is 142 Å². The highest BCUT2D eigenvalue weighted by Gasteiger charge is 2.49. The number of amides is 3. The lowest BCUT2D eigenvalue weighted by molar-refractivity contribution is -0.134. The maximum absolute atomic E-state index is 15.7. The third kappa shape index (κ3) is 14.8. The van der Waals surface area contributed by atoms with Gasteiger partial charge in [0, 0.05) is 117 Å². The van der Waals surface area contributed by atoms with Crippen molar-refractivity contribution in [3.63, 3.8) is 0 Å². The molecular weight excluding hydrogens is 1130 g/mol. The van der Waals surface area contributed by atoms with Crippen LogP contribution in [0.5, 0.6) is 0 Å². The fraction of sp³-hybridized carbons (Fsp3) is 0.421. The number of allylic oxidation sites excluding steroid dienone is 1. The number of rotatable bonds is 19. The number of piperazine rings is 2. The number of halogens is 5. The zero-order chi connectivity index (χ0) is 57.7. The van der Waals surface area contributed by atoms with Crippen LogP contribution in [0.1, 0.15) is 85.5 Å². The van der Waals surface area contributed by atoms with Gasteiger partial charge in [0.2, 0.25) is 11.8 Å². The molecule has 4 heterocycles. The van der Waals surface area contributed by atoms with E-state index in [1.165, 1.54) is 46.8 Å². The maximum Gasteiger partial charge on any atom is 0.501 e. The van der Waals surface area contributed by atoms with Crippen LogP contribution >= 0.6 is 23.4 Å². The fourth-order valence-electron chi connectivity index (χ4n) is 10.8. The molecule has 3 amide bonds. The number of piperidine rings is 1. The van der Waals surface area contributed by atoms with Crippen molar-refractivity contribution in [1.82, 2.24) is 34.9 Å². The van der Waals surface area contributed by atoms with E-state index in [0.717, 1.165) is 61.6 Å². The van der Waals surface area contributed by atoms with Crippen LogP contribution in [-0.2, 0) is 36.0 Å². The minimum atomic E-state index is -6.16. The molecule has 16 nitrogen and oxygen atoms in total. The first-order chi connectivity index (χ1) is 38.5. The van der Waals surface area contributed by atoms with Crippen molar-refractivity contribution in [2.75, 3.05) is 81.4 Å². The average Bonchev–Trinajstić information content (AvgIpc) is 3.60.